The molecule has 0 aromatic rings. The summed E-state index contributed by atoms with van der Waals surface area (Å²) in [7, 11) is 0. The van der Waals surface area contributed by atoms with E-state index in [2.05, 4.69) is 0 Å². The quantitative estimate of drug-likeness (QED) is 0.383. The van der Waals surface area contributed by atoms with Gasteiger partial charge in [0.1, 0.15) is 0 Å². The van der Waals surface area contributed by atoms with Gasteiger partial charge in [0.05, 0.1) is 11.8 Å². The highest BCUT2D eigenvalue weighted by molar-refractivity contribution is 6.50. The largest absolute Gasteiger partial charge is 0.329 e. The SMILES string of the molecule is ClCC(Cl)(Cl)OCOCOC(Cl)(Cl)CCl. The molecule has 0 atom stereocenters. The van der Waals surface area contributed by atoms with Crippen LogP contribution in [0.1, 0.15) is 0 Å². The van der Waals surface area contributed by atoms with Gasteiger partial charge in [0, 0.05) is 0 Å². The molecule has 15 heavy (non-hydrogen) atoms. The van der Waals surface area contributed by atoms with Gasteiger partial charge in [-0.3, -0.25) is 0 Å². The summed E-state index contributed by atoms with van der Waals surface area (Å²) in [5, 5.41) is 0. The first-order valence-electron chi connectivity index (χ1n) is 3.56. The van der Waals surface area contributed by atoms with E-state index in [1.54, 1.807) is 0 Å². The lowest BCUT2D eigenvalue weighted by Crippen LogP contribution is -2.25. The van der Waals surface area contributed by atoms with Gasteiger partial charge in [-0.1, -0.05) is 46.4 Å². The second-order valence-electron chi connectivity index (χ2n) is 2.27. The molecule has 3 nitrogen and oxygen atoms in total. The van der Waals surface area contributed by atoms with Crippen molar-refractivity contribution >= 4 is 69.6 Å². The Morgan fingerprint density at radius 3 is 1.33 bits per heavy atom. The zero-order valence-electron chi connectivity index (χ0n) is 7.32. The fourth-order valence-corrected chi connectivity index (χ4v) is 0.699. The molecule has 0 bridgehead atoms. The lowest BCUT2D eigenvalue weighted by Gasteiger charge is -2.19. The summed E-state index contributed by atoms with van der Waals surface area (Å²) in [5.74, 6) is -0.200. The smallest absolute Gasteiger partial charge is 0.233 e. The van der Waals surface area contributed by atoms with Crippen molar-refractivity contribution < 1.29 is 14.2 Å². The molecule has 0 amide bonds. The summed E-state index contributed by atoms with van der Waals surface area (Å²) >= 11 is 32.9. The predicted octanol–water partition coefficient (Wildman–Crippen LogP) is 3.69. The van der Waals surface area contributed by atoms with Crippen molar-refractivity contribution in [3.05, 3.63) is 0 Å². The van der Waals surface area contributed by atoms with Crippen LogP contribution in [0.3, 0.4) is 0 Å². The molecular weight excluding hydrogens is 333 g/mol. The molecule has 0 heterocycles. The minimum absolute atomic E-state index is 0.100. The molecule has 0 radical (unpaired) electrons. The standard InChI is InChI=1S/C6H8Cl6O3/c7-1-5(9,10)14-3-13-4-15-6(11,12)2-8/h1-4H2. The number of hydrogen-bond acceptors (Lipinski definition) is 3. The maximum absolute atomic E-state index is 5.53. The van der Waals surface area contributed by atoms with Gasteiger partial charge in [0.15, 0.2) is 13.6 Å². The Balaban J connectivity index is 3.48. The fraction of sp³-hybridized carbons (Fsp3) is 1.00. The van der Waals surface area contributed by atoms with E-state index in [0.717, 1.165) is 0 Å². The van der Waals surface area contributed by atoms with Crippen molar-refractivity contribution in [3.8, 4) is 0 Å². The molecule has 0 spiro atoms. The van der Waals surface area contributed by atoms with E-state index in [1.807, 2.05) is 0 Å². The Bertz CT molecular complexity index is 158. The number of halogens is 6. The van der Waals surface area contributed by atoms with Gasteiger partial charge in [0.2, 0.25) is 9.04 Å². The van der Waals surface area contributed by atoms with Crippen LogP contribution in [0.15, 0.2) is 0 Å². The first kappa shape index (κ1) is 16.6. The maximum atomic E-state index is 5.53. The number of alkyl halides is 6. The minimum Gasteiger partial charge on any atom is -0.329 e. The second-order valence-corrected chi connectivity index (χ2v) is 5.63. The molecule has 0 rings (SSSR count). The fourth-order valence-electron chi connectivity index (χ4n) is 0.367. The van der Waals surface area contributed by atoms with E-state index in [4.69, 9.17) is 83.8 Å². The molecule has 0 saturated carbocycles. The molecule has 0 N–H and O–H groups in total. The van der Waals surface area contributed by atoms with Crippen LogP contribution < -0.4 is 0 Å². The number of hydrogen-bond donors (Lipinski definition) is 0. The zero-order chi connectivity index (χ0) is 11.9. The van der Waals surface area contributed by atoms with Crippen molar-refractivity contribution in [2.24, 2.45) is 0 Å². The number of rotatable bonds is 8. The highest BCUT2D eigenvalue weighted by Crippen LogP contribution is 2.25. The summed E-state index contributed by atoms with van der Waals surface area (Å²) in [5.41, 5.74) is 0. The van der Waals surface area contributed by atoms with Gasteiger partial charge < -0.3 is 14.2 Å². The molecule has 9 heteroatoms. The summed E-state index contributed by atoms with van der Waals surface area (Å²) in [6.45, 7) is -0.433. The van der Waals surface area contributed by atoms with E-state index in [-0.39, 0.29) is 25.3 Å². The Kier molecular flexibility index (Phi) is 8.70. The molecule has 0 saturated heterocycles. The van der Waals surface area contributed by atoms with Gasteiger partial charge in [-0.2, -0.15) is 0 Å². The van der Waals surface area contributed by atoms with Gasteiger partial charge in [-0.15, -0.1) is 23.2 Å². The van der Waals surface area contributed by atoms with E-state index < -0.39 is 9.04 Å². The first-order chi connectivity index (χ1) is 6.83. The third-order valence-corrected chi connectivity index (χ3v) is 3.29. The lowest BCUT2D eigenvalue weighted by atomic mass is 10.8. The summed E-state index contributed by atoms with van der Waals surface area (Å²) in [6.07, 6.45) is 0. The second kappa shape index (κ2) is 7.85. The Morgan fingerprint density at radius 2 is 1.07 bits per heavy atom. The van der Waals surface area contributed by atoms with E-state index >= 15 is 0 Å². The van der Waals surface area contributed by atoms with Crippen LogP contribution in [0.25, 0.3) is 0 Å². The highest BCUT2D eigenvalue weighted by Gasteiger charge is 2.25. The summed E-state index contributed by atoms with van der Waals surface area (Å²) in [6, 6.07) is 0. The van der Waals surface area contributed by atoms with E-state index in [0.29, 0.717) is 0 Å². The van der Waals surface area contributed by atoms with Crippen molar-refractivity contribution in [3.63, 3.8) is 0 Å². The molecule has 0 aliphatic carbocycles. The minimum atomic E-state index is -1.49. The summed E-state index contributed by atoms with van der Waals surface area (Å²) in [4.78, 5) is 0. The molecule has 0 aliphatic rings. The Morgan fingerprint density at radius 1 is 0.733 bits per heavy atom. The van der Waals surface area contributed by atoms with Gasteiger partial charge >= 0.3 is 0 Å². The van der Waals surface area contributed by atoms with Crippen LogP contribution in [0.2, 0.25) is 0 Å². The molecule has 0 unspecified atom stereocenters. The molecule has 0 aromatic carbocycles. The normalized spacial score (nSPS) is 13.2. The van der Waals surface area contributed by atoms with Crippen molar-refractivity contribution in [2.75, 3.05) is 25.3 Å². The Labute approximate surface area is 118 Å². The van der Waals surface area contributed by atoms with Crippen LogP contribution in [0, 0.1) is 0 Å². The van der Waals surface area contributed by atoms with Gasteiger partial charge in [-0.05, 0) is 0 Å². The average Bonchev–Trinajstić information content (AvgIpc) is 2.17. The maximum Gasteiger partial charge on any atom is 0.233 e. The molecule has 92 valence electrons. The highest BCUT2D eigenvalue weighted by atomic mass is 35.5. The third kappa shape index (κ3) is 9.33. The first-order valence-corrected chi connectivity index (χ1v) is 6.14. The topological polar surface area (TPSA) is 27.7 Å². The van der Waals surface area contributed by atoms with Gasteiger partial charge in [-0.25, -0.2) is 0 Å². The lowest BCUT2D eigenvalue weighted by molar-refractivity contribution is -0.150. The van der Waals surface area contributed by atoms with E-state index in [1.165, 1.54) is 0 Å². The zero-order valence-corrected chi connectivity index (χ0v) is 11.9. The molecular formula is C6H8Cl6O3. The predicted molar refractivity (Wildman–Crippen MR) is 63.3 cm³/mol. The van der Waals surface area contributed by atoms with E-state index in [9.17, 15) is 0 Å². The average molecular weight is 341 g/mol. The Hall–Kier alpha value is 1.62. The monoisotopic (exact) mass is 338 g/mol. The molecule has 0 fully saturated rings. The van der Waals surface area contributed by atoms with Crippen LogP contribution in [0.5, 0.6) is 0 Å². The van der Waals surface area contributed by atoms with Crippen LogP contribution in [-0.4, -0.2) is 34.4 Å². The molecule has 0 aromatic heterocycles. The van der Waals surface area contributed by atoms with Crippen molar-refractivity contribution in [1.29, 1.82) is 0 Å². The van der Waals surface area contributed by atoms with Crippen LogP contribution in [0.4, 0.5) is 0 Å². The summed E-state index contributed by atoms with van der Waals surface area (Å²) < 4.78 is 11.4. The van der Waals surface area contributed by atoms with Crippen molar-refractivity contribution in [1.82, 2.24) is 0 Å². The molecule has 0 aliphatic heterocycles. The number of ether oxygens (including phenoxy) is 3. The van der Waals surface area contributed by atoms with Gasteiger partial charge in [0.25, 0.3) is 0 Å². The van der Waals surface area contributed by atoms with Crippen molar-refractivity contribution in [2.45, 2.75) is 9.04 Å². The van der Waals surface area contributed by atoms with Crippen LogP contribution >= 0.6 is 69.6 Å². The van der Waals surface area contributed by atoms with Crippen LogP contribution in [-0.2, 0) is 14.2 Å². The third-order valence-electron chi connectivity index (χ3n) is 1.02.